The molecule has 6 atom stereocenters. The van der Waals surface area contributed by atoms with Crippen LogP contribution in [0.15, 0.2) is 24.3 Å². The highest BCUT2D eigenvalue weighted by atomic mass is 16.4. The van der Waals surface area contributed by atoms with Crippen molar-refractivity contribution in [3.63, 3.8) is 0 Å². The van der Waals surface area contributed by atoms with E-state index in [0.717, 1.165) is 25.7 Å². The normalized spacial score (nSPS) is 52.0. The average molecular weight is 314 g/mol. The first-order valence-electron chi connectivity index (χ1n) is 9.38. The van der Waals surface area contributed by atoms with Crippen molar-refractivity contribution in [1.82, 2.24) is 0 Å². The molecule has 0 saturated heterocycles. The predicted molar refractivity (Wildman–Crippen MR) is 92.0 cm³/mol. The lowest BCUT2D eigenvalue weighted by molar-refractivity contribution is -0.177. The Kier molecular flexibility index (Phi) is 3.04. The van der Waals surface area contributed by atoms with Crippen molar-refractivity contribution in [3.05, 3.63) is 24.3 Å². The van der Waals surface area contributed by atoms with Gasteiger partial charge in [-0.25, -0.2) is 0 Å². The van der Waals surface area contributed by atoms with Crippen molar-refractivity contribution in [2.75, 3.05) is 0 Å². The Hall–Kier alpha value is -1.05. The van der Waals surface area contributed by atoms with Crippen molar-refractivity contribution in [2.45, 2.75) is 65.2 Å². The van der Waals surface area contributed by atoms with Crippen molar-refractivity contribution in [2.24, 2.45) is 34.0 Å². The van der Waals surface area contributed by atoms with Crippen LogP contribution in [0.3, 0.4) is 0 Å². The molecule has 126 valence electrons. The number of allylic oxidation sites excluding steroid dienone is 2. The predicted octanol–water partition coefficient (Wildman–Crippen LogP) is 5.21. The SMILES string of the molecule is C=C1C(=C)[C@@]23CC[C@H]4[C@@](C)(CCC[C@@]4(C)C(=O)O)[C@@H]2CC[C@@H]1C3. The third-order valence-corrected chi connectivity index (χ3v) is 8.70. The molecule has 1 spiro atoms. The zero-order chi connectivity index (χ0) is 16.6. The van der Waals surface area contributed by atoms with Gasteiger partial charge in [0.15, 0.2) is 0 Å². The van der Waals surface area contributed by atoms with Crippen LogP contribution in [0.2, 0.25) is 0 Å². The summed E-state index contributed by atoms with van der Waals surface area (Å²) in [6, 6.07) is 0. The van der Waals surface area contributed by atoms with Crippen molar-refractivity contribution in [1.29, 1.82) is 0 Å². The number of hydrogen-bond acceptors (Lipinski definition) is 1. The second-order valence-corrected chi connectivity index (χ2v) is 9.36. The lowest BCUT2D eigenvalue weighted by Gasteiger charge is -2.63. The number of aliphatic carboxylic acids is 1. The maximum atomic E-state index is 12.1. The van der Waals surface area contributed by atoms with Crippen LogP contribution in [0.4, 0.5) is 0 Å². The first-order chi connectivity index (χ1) is 10.8. The molecule has 0 amide bonds. The largest absolute Gasteiger partial charge is 0.481 e. The van der Waals surface area contributed by atoms with E-state index in [-0.39, 0.29) is 10.8 Å². The smallest absolute Gasteiger partial charge is 0.309 e. The second-order valence-electron chi connectivity index (χ2n) is 9.36. The number of carbonyl (C=O) groups is 1. The quantitative estimate of drug-likeness (QED) is 0.721. The summed E-state index contributed by atoms with van der Waals surface area (Å²) in [6.07, 6.45) is 8.99. The molecule has 0 aromatic rings. The second kappa shape index (κ2) is 4.52. The van der Waals surface area contributed by atoms with Gasteiger partial charge in [-0.3, -0.25) is 4.79 Å². The highest BCUT2D eigenvalue weighted by Gasteiger charge is 2.66. The number of carboxylic acid groups (broad SMARTS) is 1. The summed E-state index contributed by atoms with van der Waals surface area (Å²) in [7, 11) is 0. The van der Waals surface area contributed by atoms with Gasteiger partial charge in [-0.15, -0.1) is 0 Å². The van der Waals surface area contributed by atoms with Crippen molar-refractivity contribution < 1.29 is 9.90 Å². The maximum Gasteiger partial charge on any atom is 0.309 e. The molecule has 4 aliphatic carbocycles. The molecule has 0 aliphatic heterocycles. The van der Waals surface area contributed by atoms with Gasteiger partial charge in [-0.2, -0.15) is 0 Å². The summed E-state index contributed by atoms with van der Waals surface area (Å²) >= 11 is 0. The molecule has 4 saturated carbocycles. The third-order valence-electron chi connectivity index (χ3n) is 8.70. The molecule has 23 heavy (non-hydrogen) atoms. The zero-order valence-corrected chi connectivity index (χ0v) is 14.7. The van der Waals surface area contributed by atoms with Crippen LogP contribution in [-0.4, -0.2) is 11.1 Å². The summed E-state index contributed by atoms with van der Waals surface area (Å²) < 4.78 is 0. The average Bonchev–Trinajstić information content (AvgIpc) is 2.68. The van der Waals surface area contributed by atoms with Gasteiger partial charge in [0.25, 0.3) is 0 Å². The van der Waals surface area contributed by atoms with Gasteiger partial charge in [0.1, 0.15) is 0 Å². The van der Waals surface area contributed by atoms with E-state index in [4.69, 9.17) is 0 Å². The fourth-order valence-corrected chi connectivity index (χ4v) is 7.55. The van der Waals surface area contributed by atoms with Gasteiger partial charge in [0.2, 0.25) is 0 Å². The van der Waals surface area contributed by atoms with E-state index in [1.165, 1.54) is 36.8 Å². The van der Waals surface area contributed by atoms with Crippen molar-refractivity contribution in [3.8, 4) is 0 Å². The lowest BCUT2D eigenvalue weighted by atomic mass is 9.40. The Balaban J connectivity index is 1.79. The molecule has 4 fully saturated rings. The summed E-state index contributed by atoms with van der Waals surface area (Å²) in [4.78, 5) is 12.1. The minimum Gasteiger partial charge on any atom is -0.481 e. The van der Waals surface area contributed by atoms with E-state index in [2.05, 4.69) is 20.1 Å². The van der Waals surface area contributed by atoms with Crippen LogP contribution in [-0.2, 0) is 4.79 Å². The Morgan fingerprint density at radius 2 is 1.83 bits per heavy atom. The first kappa shape index (κ1) is 15.5. The molecule has 0 unspecified atom stereocenters. The van der Waals surface area contributed by atoms with Crippen LogP contribution in [0.1, 0.15) is 65.2 Å². The standard InChI is InChI=1S/C21H30O2/c1-13-14(2)21-11-8-16-19(3,17(21)7-6-15(13)12-21)9-5-10-20(16,4)18(22)23/h15-17H,1-2,5-12H2,3-4H3,(H,22,23)/t15-,16+,17+,19-,20-,21+/m1/s1. The van der Waals surface area contributed by atoms with Gasteiger partial charge in [0, 0.05) is 0 Å². The number of carboxylic acids is 1. The summed E-state index contributed by atoms with van der Waals surface area (Å²) in [5, 5.41) is 9.94. The maximum absolute atomic E-state index is 12.1. The molecular formula is C21H30O2. The van der Waals surface area contributed by atoms with Crippen LogP contribution < -0.4 is 0 Å². The number of hydrogen-bond donors (Lipinski definition) is 1. The minimum absolute atomic E-state index is 0.155. The highest BCUT2D eigenvalue weighted by molar-refractivity contribution is 5.75. The molecule has 0 aromatic carbocycles. The van der Waals surface area contributed by atoms with Crippen molar-refractivity contribution >= 4 is 5.97 Å². The van der Waals surface area contributed by atoms with Gasteiger partial charge < -0.3 is 5.11 Å². The van der Waals surface area contributed by atoms with E-state index < -0.39 is 11.4 Å². The van der Waals surface area contributed by atoms with Gasteiger partial charge in [-0.1, -0.05) is 26.5 Å². The molecule has 1 N–H and O–H groups in total. The summed E-state index contributed by atoms with van der Waals surface area (Å²) in [5.74, 6) is 0.992. The summed E-state index contributed by atoms with van der Waals surface area (Å²) in [5.41, 5.74) is 2.49. The van der Waals surface area contributed by atoms with Gasteiger partial charge >= 0.3 is 5.97 Å². The fourth-order valence-electron chi connectivity index (χ4n) is 7.55. The van der Waals surface area contributed by atoms with Crippen LogP contribution in [0.5, 0.6) is 0 Å². The Morgan fingerprint density at radius 3 is 2.52 bits per heavy atom. The van der Waals surface area contributed by atoms with Crippen LogP contribution in [0, 0.1) is 34.0 Å². The van der Waals surface area contributed by atoms with E-state index in [9.17, 15) is 9.90 Å². The topological polar surface area (TPSA) is 37.3 Å². The van der Waals surface area contributed by atoms with Gasteiger partial charge in [-0.05, 0) is 91.6 Å². The minimum atomic E-state index is -0.576. The monoisotopic (exact) mass is 314 g/mol. The summed E-state index contributed by atoms with van der Waals surface area (Å²) in [6.45, 7) is 13.3. The number of rotatable bonds is 1. The molecule has 0 aromatic heterocycles. The third kappa shape index (κ3) is 1.68. The van der Waals surface area contributed by atoms with E-state index in [1.54, 1.807) is 0 Å². The van der Waals surface area contributed by atoms with Gasteiger partial charge in [0.05, 0.1) is 5.41 Å². The fraction of sp³-hybridized carbons (Fsp3) is 0.762. The molecule has 0 heterocycles. The number of fused-ring (bicyclic) bond motifs is 3. The van der Waals surface area contributed by atoms with E-state index in [1.807, 2.05) is 6.92 Å². The molecule has 4 rings (SSSR count). The Bertz CT molecular complexity index is 605. The highest BCUT2D eigenvalue weighted by Crippen LogP contribution is 2.73. The molecule has 0 radical (unpaired) electrons. The molecular weight excluding hydrogens is 284 g/mol. The molecule has 2 heteroatoms. The molecule has 2 nitrogen and oxygen atoms in total. The molecule has 2 bridgehead atoms. The van der Waals surface area contributed by atoms with E-state index in [0.29, 0.717) is 17.8 Å². The lowest BCUT2D eigenvalue weighted by Crippen LogP contribution is -2.58. The van der Waals surface area contributed by atoms with Crippen LogP contribution >= 0.6 is 0 Å². The first-order valence-corrected chi connectivity index (χ1v) is 9.38. The Morgan fingerprint density at radius 1 is 1.09 bits per heavy atom. The van der Waals surface area contributed by atoms with Crippen LogP contribution in [0.25, 0.3) is 0 Å². The molecule has 4 aliphatic rings. The zero-order valence-electron chi connectivity index (χ0n) is 14.7. The Labute approximate surface area is 140 Å². The van der Waals surface area contributed by atoms with E-state index >= 15 is 0 Å².